The number of nitro benzene ring substituents is 1. The molecule has 1 unspecified atom stereocenters. The van der Waals surface area contributed by atoms with E-state index in [1.165, 1.54) is 6.07 Å². The number of rotatable bonds is 5. The van der Waals surface area contributed by atoms with E-state index in [0.717, 1.165) is 12.1 Å². The first-order valence-electron chi connectivity index (χ1n) is 6.54. The monoisotopic (exact) mass is 303 g/mol. The van der Waals surface area contributed by atoms with Crippen LogP contribution < -0.4 is 10.6 Å². The molecule has 0 saturated heterocycles. The molecule has 0 aliphatic rings. The van der Waals surface area contributed by atoms with Gasteiger partial charge in [0.1, 0.15) is 17.5 Å². The average Bonchev–Trinajstić information content (AvgIpc) is 2.49. The third-order valence-electron chi connectivity index (χ3n) is 2.96. The summed E-state index contributed by atoms with van der Waals surface area (Å²) in [5, 5.41) is 16.3. The van der Waals surface area contributed by atoms with E-state index in [1.807, 2.05) is 6.07 Å². The minimum atomic E-state index is -0.732. The highest BCUT2D eigenvalue weighted by Crippen LogP contribution is 2.25. The second kappa shape index (κ2) is 6.66. The summed E-state index contributed by atoms with van der Waals surface area (Å²) in [4.78, 5) is 22.3. The molecule has 1 atom stereocenters. The van der Waals surface area contributed by atoms with Gasteiger partial charge in [-0.1, -0.05) is 18.2 Å². The van der Waals surface area contributed by atoms with Gasteiger partial charge >= 0.3 is 0 Å². The molecule has 2 aromatic carbocycles. The summed E-state index contributed by atoms with van der Waals surface area (Å²) in [5.41, 5.74) is 0.288. The Morgan fingerprint density at radius 3 is 2.55 bits per heavy atom. The molecule has 7 heteroatoms. The van der Waals surface area contributed by atoms with Crippen LogP contribution in [-0.4, -0.2) is 16.9 Å². The Morgan fingerprint density at radius 2 is 1.91 bits per heavy atom. The number of hydrogen-bond acceptors (Lipinski definition) is 4. The second-order valence-electron chi connectivity index (χ2n) is 4.64. The zero-order chi connectivity index (χ0) is 16.1. The fourth-order valence-corrected chi connectivity index (χ4v) is 1.85. The second-order valence-corrected chi connectivity index (χ2v) is 4.64. The highest BCUT2D eigenvalue weighted by molar-refractivity contribution is 5.96. The number of amides is 1. The van der Waals surface area contributed by atoms with Gasteiger partial charge in [0.25, 0.3) is 5.69 Å². The van der Waals surface area contributed by atoms with Gasteiger partial charge in [-0.15, -0.1) is 0 Å². The van der Waals surface area contributed by atoms with Gasteiger partial charge in [-0.3, -0.25) is 14.9 Å². The van der Waals surface area contributed by atoms with Crippen LogP contribution in [-0.2, 0) is 4.79 Å². The molecule has 1 amide bonds. The van der Waals surface area contributed by atoms with Crippen LogP contribution in [0.4, 0.5) is 21.5 Å². The Morgan fingerprint density at radius 1 is 1.23 bits per heavy atom. The third-order valence-corrected chi connectivity index (χ3v) is 2.96. The fourth-order valence-electron chi connectivity index (χ4n) is 1.85. The number of nitrogens with one attached hydrogen (secondary N) is 2. The average molecular weight is 303 g/mol. The lowest BCUT2D eigenvalue weighted by Gasteiger charge is -2.15. The van der Waals surface area contributed by atoms with Crippen molar-refractivity contribution >= 4 is 23.0 Å². The Kier molecular flexibility index (Phi) is 4.67. The number of anilines is 2. The zero-order valence-corrected chi connectivity index (χ0v) is 11.7. The Bertz CT molecular complexity index is 692. The first-order chi connectivity index (χ1) is 10.5. The first-order valence-corrected chi connectivity index (χ1v) is 6.54. The topological polar surface area (TPSA) is 84.3 Å². The summed E-state index contributed by atoms with van der Waals surface area (Å²) < 4.78 is 13.1. The summed E-state index contributed by atoms with van der Waals surface area (Å²) >= 11 is 0. The van der Waals surface area contributed by atoms with Gasteiger partial charge in [0, 0.05) is 5.69 Å². The van der Waals surface area contributed by atoms with Crippen LogP contribution >= 0.6 is 0 Å². The van der Waals surface area contributed by atoms with E-state index >= 15 is 0 Å². The molecule has 114 valence electrons. The number of carbonyl (C=O) groups excluding carboxylic acids is 1. The van der Waals surface area contributed by atoms with Crippen molar-refractivity contribution in [2.75, 3.05) is 10.6 Å². The van der Waals surface area contributed by atoms with Crippen molar-refractivity contribution in [3.63, 3.8) is 0 Å². The van der Waals surface area contributed by atoms with Gasteiger partial charge in [0.2, 0.25) is 5.91 Å². The Hall–Kier alpha value is -2.96. The van der Waals surface area contributed by atoms with Gasteiger partial charge in [0.15, 0.2) is 0 Å². The molecule has 0 bridgehead atoms. The van der Waals surface area contributed by atoms with Crippen molar-refractivity contribution in [2.24, 2.45) is 0 Å². The van der Waals surface area contributed by atoms with E-state index < -0.39 is 22.5 Å². The minimum Gasteiger partial charge on any atom is -0.368 e. The van der Waals surface area contributed by atoms with E-state index in [2.05, 4.69) is 10.6 Å². The number of benzene rings is 2. The molecule has 22 heavy (non-hydrogen) atoms. The lowest BCUT2D eigenvalue weighted by atomic mass is 10.2. The standard InChI is InChI=1S/C15H14FN3O3/c1-10(15(20)18-12-5-3-2-4-6-12)17-13-8-7-11(16)9-14(13)19(21)22/h2-10,17H,1H3,(H,18,20). The molecule has 0 heterocycles. The van der Waals surface area contributed by atoms with E-state index in [9.17, 15) is 19.3 Å². The molecule has 0 spiro atoms. The molecule has 0 aliphatic carbocycles. The molecular formula is C15H14FN3O3. The van der Waals surface area contributed by atoms with Crippen LogP contribution in [0, 0.1) is 15.9 Å². The highest BCUT2D eigenvalue weighted by Gasteiger charge is 2.19. The molecule has 0 saturated carbocycles. The van der Waals surface area contributed by atoms with Crippen LogP contribution in [0.25, 0.3) is 0 Å². The third kappa shape index (κ3) is 3.78. The highest BCUT2D eigenvalue weighted by atomic mass is 19.1. The number of halogens is 1. The zero-order valence-electron chi connectivity index (χ0n) is 11.7. The van der Waals surface area contributed by atoms with Crippen molar-refractivity contribution in [3.05, 3.63) is 64.5 Å². The van der Waals surface area contributed by atoms with Gasteiger partial charge in [-0.05, 0) is 31.2 Å². The van der Waals surface area contributed by atoms with E-state index in [4.69, 9.17) is 0 Å². The van der Waals surface area contributed by atoms with Gasteiger partial charge < -0.3 is 10.6 Å². The Labute approximate surface area is 126 Å². The Balaban J connectivity index is 2.10. The summed E-state index contributed by atoms with van der Waals surface area (Å²) in [6, 6.07) is 11.2. The smallest absolute Gasteiger partial charge is 0.295 e. The summed E-state index contributed by atoms with van der Waals surface area (Å²) in [6.07, 6.45) is 0. The lowest BCUT2D eigenvalue weighted by molar-refractivity contribution is -0.384. The van der Waals surface area contributed by atoms with Crippen LogP contribution in [0.15, 0.2) is 48.5 Å². The van der Waals surface area contributed by atoms with Gasteiger partial charge in [0.05, 0.1) is 11.0 Å². The largest absolute Gasteiger partial charge is 0.368 e. The molecule has 2 aromatic rings. The molecule has 0 fully saturated rings. The number of nitrogens with zero attached hydrogens (tertiary/aromatic N) is 1. The SMILES string of the molecule is CC(Nc1ccc(F)cc1[N+](=O)[O-])C(=O)Nc1ccccc1. The number of hydrogen-bond donors (Lipinski definition) is 2. The van der Waals surface area contributed by atoms with Crippen LogP contribution in [0.3, 0.4) is 0 Å². The van der Waals surface area contributed by atoms with Gasteiger partial charge in [-0.2, -0.15) is 0 Å². The first kappa shape index (κ1) is 15.4. The van der Waals surface area contributed by atoms with E-state index in [1.54, 1.807) is 31.2 Å². The maximum Gasteiger partial charge on any atom is 0.295 e. The molecule has 0 radical (unpaired) electrons. The summed E-state index contributed by atoms with van der Waals surface area (Å²) in [5.74, 6) is -1.07. The molecular weight excluding hydrogens is 289 g/mol. The number of para-hydroxylation sites is 1. The lowest BCUT2D eigenvalue weighted by Crippen LogP contribution is -2.32. The quantitative estimate of drug-likeness (QED) is 0.656. The van der Waals surface area contributed by atoms with Crippen molar-refractivity contribution < 1.29 is 14.1 Å². The van der Waals surface area contributed by atoms with Gasteiger partial charge in [-0.25, -0.2) is 4.39 Å². The van der Waals surface area contributed by atoms with Crippen molar-refractivity contribution in [1.82, 2.24) is 0 Å². The maximum atomic E-state index is 13.1. The van der Waals surface area contributed by atoms with E-state index in [-0.39, 0.29) is 11.6 Å². The molecule has 2 N–H and O–H groups in total. The minimum absolute atomic E-state index is 0.0853. The molecule has 2 rings (SSSR count). The molecule has 0 aromatic heterocycles. The molecule has 0 aliphatic heterocycles. The van der Waals surface area contributed by atoms with Crippen molar-refractivity contribution in [3.8, 4) is 0 Å². The van der Waals surface area contributed by atoms with Crippen molar-refractivity contribution in [1.29, 1.82) is 0 Å². The van der Waals surface area contributed by atoms with Crippen LogP contribution in [0.1, 0.15) is 6.92 Å². The van der Waals surface area contributed by atoms with Crippen molar-refractivity contribution in [2.45, 2.75) is 13.0 Å². The normalized spacial score (nSPS) is 11.5. The predicted octanol–water partition coefficient (Wildman–Crippen LogP) is 3.17. The predicted molar refractivity (Wildman–Crippen MR) is 81.2 cm³/mol. The van der Waals surface area contributed by atoms with E-state index in [0.29, 0.717) is 5.69 Å². The molecule has 6 nitrogen and oxygen atoms in total. The van der Waals surface area contributed by atoms with Crippen LogP contribution in [0.2, 0.25) is 0 Å². The summed E-state index contributed by atoms with van der Waals surface area (Å²) in [7, 11) is 0. The summed E-state index contributed by atoms with van der Waals surface area (Å²) in [6.45, 7) is 1.56. The maximum absolute atomic E-state index is 13.1. The number of carbonyl (C=O) groups is 1. The number of nitro groups is 1. The fraction of sp³-hybridized carbons (Fsp3) is 0.133. The van der Waals surface area contributed by atoms with Crippen LogP contribution in [0.5, 0.6) is 0 Å².